The van der Waals surface area contributed by atoms with Crippen molar-refractivity contribution in [2.45, 2.75) is 38.0 Å². The summed E-state index contributed by atoms with van der Waals surface area (Å²) in [5, 5.41) is 14.2. The molecule has 2 atom stereocenters. The fourth-order valence-corrected chi connectivity index (χ4v) is 5.44. The van der Waals surface area contributed by atoms with E-state index in [1.807, 2.05) is 42.5 Å². The number of rotatable bonds is 12. The van der Waals surface area contributed by atoms with Gasteiger partial charge in [0.1, 0.15) is 11.5 Å². The molecule has 2 unspecified atom stereocenters. The lowest BCUT2D eigenvalue weighted by Crippen LogP contribution is -2.26. The molecule has 0 aromatic heterocycles. The number of fused-ring (bicyclic) bond motifs is 1. The van der Waals surface area contributed by atoms with Crippen LogP contribution in [0.4, 0.5) is 0 Å². The number of carboxylic acids is 1. The number of methoxy groups -OCH3 is 2. The van der Waals surface area contributed by atoms with Gasteiger partial charge < -0.3 is 19.9 Å². The third-order valence-electron chi connectivity index (χ3n) is 7.21. The Morgan fingerprint density at radius 3 is 2.23 bits per heavy atom. The van der Waals surface area contributed by atoms with Gasteiger partial charge in [-0.25, -0.2) is 0 Å². The largest absolute Gasteiger partial charge is 0.497 e. The van der Waals surface area contributed by atoms with Gasteiger partial charge in [-0.3, -0.25) is 9.59 Å². The van der Waals surface area contributed by atoms with Crippen LogP contribution < -0.4 is 14.8 Å². The molecule has 40 heavy (non-hydrogen) atoms. The van der Waals surface area contributed by atoms with Crippen LogP contribution in [-0.4, -0.2) is 37.7 Å². The van der Waals surface area contributed by atoms with Crippen LogP contribution in [-0.2, 0) is 4.79 Å². The first-order valence-electron chi connectivity index (χ1n) is 13.4. The Balaban J connectivity index is 1.82. The summed E-state index contributed by atoms with van der Waals surface area (Å²) in [5.74, 6) is 0.302. The second kappa shape index (κ2) is 13.4. The lowest BCUT2D eigenvalue weighted by molar-refractivity contribution is -0.136. The molecule has 4 rings (SSSR count). The lowest BCUT2D eigenvalue weighted by Gasteiger charge is -2.30. The van der Waals surface area contributed by atoms with E-state index in [4.69, 9.17) is 26.2 Å². The topological polar surface area (TPSA) is 84.9 Å². The number of nitrogens with one attached hydrogen (secondary N) is 1. The van der Waals surface area contributed by atoms with Crippen LogP contribution in [0.25, 0.3) is 10.8 Å². The molecule has 0 saturated heterocycles. The number of carboxylic acid groups (broad SMARTS) is 1. The summed E-state index contributed by atoms with van der Waals surface area (Å²) in [4.78, 5) is 23.4. The summed E-state index contributed by atoms with van der Waals surface area (Å²) >= 11 is 6.29. The normalized spacial score (nSPS) is 12.5. The van der Waals surface area contributed by atoms with Crippen molar-refractivity contribution in [2.24, 2.45) is 0 Å². The van der Waals surface area contributed by atoms with Crippen molar-refractivity contribution in [3.05, 3.63) is 106 Å². The van der Waals surface area contributed by atoms with Gasteiger partial charge >= 0.3 is 5.97 Å². The van der Waals surface area contributed by atoms with E-state index in [0.29, 0.717) is 10.6 Å². The van der Waals surface area contributed by atoms with Crippen LogP contribution >= 0.6 is 11.6 Å². The number of carbonyl (C=O) groups is 2. The molecule has 0 heterocycles. The van der Waals surface area contributed by atoms with Gasteiger partial charge in [-0.05, 0) is 64.7 Å². The van der Waals surface area contributed by atoms with Crippen molar-refractivity contribution >= 4 is 34.2 Å². The molecule has 0 spiro atoms. The van der Waals surface area contributed by atoms with Gasteiger partial charge in [0.2, 0.25) is 0 Å². The number of ether oxygens (including phenoxy) is 2. The Morgan fingerprint density at radius 1 is 0.900 bits per heavy atom. The van der Waals surface area contributed by atoms with E-state index in [2.05, 4.69) is 48.6 Å². The van der Waals surface area contributed by atoms with E-state index in [1.165, 1.54) is 0 Å². The molecule has 0 saturated carbocycles. The monoisotopic (exact) mass is 559 g/mol. The maximum Gasteiger partial charge on any atom is 0.305 e. The van der Waals surface area contributed by atoms with E-state index in [-0.39, 0.29) is 30.7 Å². The molecular formula is C33H34ClNO5. The molecule has 2 N–H and O–H groups in total. The van der Waals surface area contributed by atoms with Crippen molar-refractivity contribution in [2.75, 3.05) is 20.8 Å². The molecule has 208 valence electrons. The summed E-state index contributed by atoms with van der Waals surface area (Å²) < 4.78 is 11.3. The van der Waals surface area contributed by atoms with Crippen LogP contribution in [0.2, 0.25) is 5.02 Å². The van der Waals surface area contributed by atoms with Crippen LogP contribution in [0.5, 0.6) is 11.5 Å². The van der Waals surface area contributed by atoms with E-state index in [0.717, 1.165) is 51.8 Å². The molecule has 0 aliphatic carbocycles. The molecule has 0 bridgehead atoms. The number of hydrogen-bond donors (Lipinski definition) is 2. The van der Waals surface area contributed by atoms with Crippen molar-refractivity contribution < 1.29 is 24.2 Å². The third kappa shape index (κ3) is 6.57. The maximum atomic E-state index is 12.6. The Morgan fingerprint density at radius 2 is 1.60 bits per heavy atom. The minimum absolute atomic E-state index is 0.0204. The zero-order valence-corrected chi connectivity index (χ0v) is 23.7. The van der Waals surface area contributed by atoms with Gasteiger partial charge in [0, 0.05) is 34.5 Å². The van der Waals surface area contributed by atoms with Crippen LogP contribution in [0.3, 0.4) is 0 Å². The van der Waals surface area contributed by atoms with Gasteiger partial charge in [-0.2, -0.15) is 0 Å². The first-order chi connectivity index (χ1) is 19.4. The number of carbonyl (C=O) groups excluding carboxylic acids is 1. The highest BCUT2D eigenvalue weighted by Crippen LogP contribution is 2.45. The summed E-state index contributed by atoms with van der Waals surface area (Å²) in [6, 6.07) is 25.9. The first-order valence-corrected chi connectivity index (χ1v) is 13.7. The predicted molar refractivity (Wildman–Crippen MR) is 159 cm³/mol. The molecule has 0 radical (unpaired) electrons. The zero-order valence-electron chi connectivity index (χ0n) is 22.9. The van der Waals surface area contributed by atoms with E-state index in [9.17, 15) is 9.59 Å². The number of amides is 1. The second-order valence-corrected chi connectivity index (χ2v) is 10.2. The highest BCUT2D eigenvalue weighted by molar-refractivity contribution is 6.30. The Hall–Kier alpha value is -4.03. The SMILES string of the molecule is CCCC(c1ccc(C(=O)NCCC(=O)O)cc1)C(c1ccc(Cl)cc1)c1cccc2c(OC)cc(OC)cc12. The van der Waals surface area contributed by atoms with E-state index < -0.39 is 5.97 Å². The Labute approximate surface area is 239 Å². The predicted octanol–water partition coefficient (Wildman–Crippen LogP) is 7.43. The number of aliphatic carboxylic acids is 1. The van der Waals surface area contributed by atoms with Crippen LogP contribution in [0.15, 0.2) is 78.9 Å². The summed E-state index contributed by atoms with van der Waals surface area (Å²) in [6.45, 7) is 2.26. The molecular weight excluding hydrogens is 526 g/mol. The van der Waals surface area contributed by atoms with Gasteiger partial charge in [0.25, 0.3) is 5.91 Å². The van der Waals surface area contributed by atoms with Crippen molar-refractivity contribution in [3.8, 4) is 11.5 Å². The molecule has 7 heteroatoms. The number of benzene rings is 4. The Bertz CT molecular complexity index is 1470. The average molecular weight is 560 g/mol. The summed E-state index contributed by atoms with van der Waals surface area (Å²) in [7, 11) is 3.32. The lowest BCUT2D eigenvalue weighted by atomic mass is 9.74. The molecule has 0 aliphatic rings. The highest BCUT2D eigenvalue weighted by Gasteiger charge is 2.28. The number of halogens is 1. The smallest absolute Gasteiger partial charge is 0.305 e. The zero-order chi connectivity index (χ0) is 28.6. The molecule has 6 nitrogen and oxygen atoms in total. The van der Waals surface area contributed by atoms with Gasteiger partial charge in [0.05, 0.1) is 20.6 Å². The number of hydrogen-bond acceptors (Lipinski definition) is 4. The van der Waals surface area contributed by atoms with Crippen LogP contribution in [0.1, 0.15) is 65.1 Å². The molecule has 4 aromatic rings. The van der Waals surface area contributed by atoms with Crippen LogP contribution in [0, 0.1) is 0 Å². The maximum absolute atomic E-state index is 12.6. The second-order valence-electron chi connectivity index (χ2n) is 9.72. The molecule has 1 amide bonds. The summed E-state index contributed by atoms with van der Waals surface area (Å²) in [5.41, 5.74) is 3.88. The molecule has 0 fully saturated rings. The third-order valence-corrected chi connectivity index (χ3v) is 7.46. The van der Waals surface area contributed by atoms with Crippen molar-refractivity contribution in [1.82, 2.24) is 5.32 Å². The Kier molecular flexibility index (Phi) is 9.67. The molecule has 0 aliphatic heterocycles. The first kappa shape index (κ1) is 29.0. The molecule has 4 aromatic carbocycles. The fourth-order valence-electron chi connectivity index (χ4n) is 5.31. The average Bonchev–Trinajstić information content (AvgIpc) is 2.97. The van der Waals surface area contributed by atoms with Crippen molar-refractivity contribution in [1.29, 1.82) is 0 Å². The van der Waals surface area contributed by atoms with E-state index >= 15 is 0 Å². The fraction of sp³-hybridized carbons (Fsp3) is 0.273. The summed E-state index contributed by atoms with van der Waals surface area (Å²) in [6.07, 6.45) is 1.75. The quantitative estimate of drug-likeness (QED) is 0.188. The van der Waals surface area contributed by atoms with E-state index in [1.54, 1.807) is 14.2 Å². The van der Waals surface area contributed by atoms with Gasteiger partial charge in [0.15, 0.2) is 0 Å². The van der Waals surface area contributed by atoms with Gasteiger partial charge in [-0.1, -0.05) is 67.4 Å². The standard InChI is InChI=1S/C33H34ClNO5/c1-4-6-26(21-9-11-23(12-10-21)33(38)35-18-17-31(36)37)32(22-13-15-24(34)16-14-22)28-8-5-7-27-29(28)19-25(39-2)20-30(27)40-3/h5,7-16,19-20,26,32H,4,6,17-18H2,1-3H3,(H,35,38)(H,36,37). The minimum Gasteiger partial charge on any atom is -0.497 e. The van der Waals surface area contributed by atoms with Gasteiger partial charge in [-0.15, -0.1) is 0 Å². The minimum atomic E-state index is -0.949. The van der Waals surface area contributed by atoms with Crippen molar-refractivity contribution in [3.63, 3.8) is 0 Å². The highest BCUT2D eigenvalue weighted by atomic mass is 35.5.